The second-order valence-corrected chi connectivity index (χ2v) is 2.31. The minimum atomic E-state index is -0.778. The first-order valence-electron chi connectivity index (χ1n) is 3.71. The highest BCUT2D eigenvalue weighted by Gasteiger charge is 1.94. The lowest BCUT2D eigenvalue weighted by molar-refractivity contribution is -0.136. The summed E-state index contributed by atoms with van der Waals surface area (Å²) in [7, 11) is 0. The highest BCUT2D eigenvalue weighted by molar-refractivity contribution is 5.68. The molecule has 1 N–H and O–H groups in total. The number of aliphatic carboxylic acids is 1. The summed E-state index contributed by atoms with van der Waals surface area (Å²) in [4.78, 5) is 10.2. The minimum Gasteiger partial charge on any atom is -0.481 e. The van der Waals surface area contributed by atoms with Gasteiger partial charge in [0.1, 0.15) is 0 Å². The molecule has 62 valence electrons. The highest BCUT2D eigenvalue weighted by Crippen LogP contribution is 2.07. The Morgan fingerprint density at radius 3 is 2.55 bits per heavy atom. The number of carboxylic acid groups (broad SMARTS) is 1. The van der Waals surface area contributed by atoms with Crippen molar-refractivity contribution in [1.82, 2.24) is 0 Å². The SMILES string of the molecule is C=CCC(=CCC(=O)O)CC. The van der Waals surface area contributed by atoms with Crippen LogP contribution in [0.2, 0.25) is 0 Å². The molecule has 0 aromatic carbocycles. The monoisotopic (exact) mass is 154 g/mol. The van der Waals surface area contributed by atoms with Crippen LogP contribution in [0.5, 0.6) is 0 Å². The third-order valence-corrected chi connectivity index (χ3v) is 1.43. The Hall–Kier alpha value is -1.05. The van der Waals surface area contributed by atoms with E-state index in [1.165, 1.54) is 0 Å². The van der Waals surface area contributed by atoms with E-state index in [9.17, 15) is 4.79 Å². The summed E-state index contributed by atoms with van der Waals surface area (Å²) in [5.41, 5.74) is 1.14. The molecule has 0 atom stereocenters. The topological polar surface area (TPSA) is 37.3 Å². The molecule has 0 saturated heterocycles. The van der Waals surface area contributed by atoms with Crippen LogP contribution in [0.25, 0.3) is 0 Å². The average molecular weight is 154 g/mol. The summed E-state index contributed by atoms with van der Waals surface area (Å²) in [6.07, 6.45) is 5.36. The van der Waals surface area contributed by atoms with Gasteiger partial charge in [-0.3, -0.25) is 4.79 Å². The van der Waals surface area contributed by atoms with E-state index >= 15 is 0 Å². The molecule has 0 fully saturated rings. The normalized spacial score (nSPS) is 11.2. The van der Waals surface area contributed by atoms with E-state index in [1.807, 2.05) is 6.92 Å². The van der Waals surface area contributed by atoms with Crippen LogP contribution in [0, 0.1) is 0 Å². The maximum atomic E-state index is 10.2. The van der Waals surface area contributed by atoms with Crippen LogP contribution in [0.3, 0.4) is 0 Å². The molecular weight excluding hydrogens is 140 g/mol. The Bertz CT molecular complexity index is 168. The predicted molar refractivity (Wildman–Crippen MR) is 45.4 cm³/mol. The molecular formula is C9H14O2. The molecule has 2 heteroatoms. The molecule has 0 aliphatic heterocycles. The minimum absolute atomic E-state index is 0.122. The van der Waals surface area contributed by atoms with Gasteiger partial charge in [0.2, 0.25) is 0 Å². The Balaban J connectivity index is 3.89. The molecule has 0 unspecified atom stereocenters. The summed E-state index contributed by atoms with van der Waals surface area (Å²) in [6, 6.07) is 0. The summed E-state index contributed by atoms with van der Waals surface area (Å²) < 4.78 is 0. The van der Waals surface area contributed by atoms with Crippen molar-refractivity contribution in [2.75, 3.05) is 0 Å². The predicted octanol–water partition coefficient (Wildman–Crippen LogP) is 2.37. The van der Waals surface area contributed by atoms with Crippen LogP contribution in [0.4, 0.5) is 0 Å². The fourth-order valence-corrected chi connectivity index (χ4v) is 0.789. The van der Waals surface area contributed by atoms with Crippen molar-refractivity contribution in [3.63, 3.8) is 0 Å². The van der Waals surface area contributed by atoms with E-state index in [4.69, 9.17) is 5.11 Å². The van der Waals surface area contributed by atoms with Crippen molar-refractivity contribution < 1.29 is 9.90 Å². The molecule has 0 aromatic rings. The van der Waals surface area contributed by atoms with Gasteiger partial charge in [-0.2, -0.15) is 0 Å². The van der Waals surface area contributed by atoms with E-state index in [0.717, 1.165) is 18.4 Å². The third kappa shape index (κ3) is 5.40. The van der Waals surface area contributed by atoms with Crippen LogP contribution in [0.1, 0.15) is 26.2 Å². The van der Waals surface area contributed by atoms with Crippen LogP contribution in [0.15, 0.2) is 24.3 Å². The van der Waals surface area contributed by atoms with E-state index in [2.05, 4.69) is 6.58 Å². The first kappa shape index (κ1) is 9.95. The number of carboxylic acids is 1. The lowest BCUT2D eigenvalue weighted by atomic mass is 10.1. The molecule has 0 saturated carbocycles. The van der Waals surface area contributed by atoms with E-state index in [0.29, 0.717) is 0 Å². The number of rotatable bonds is 5. The Morgan fingerprint density at radius 1 is 1.55 bits per heavy atom. The molecule has 0 heterocycles. The van der Waals surface area contributed by atoms with Crippen molar-refractivity contribution >= 4 is 5.97 Å². The summed E-state index contributed by atoms with van der Waals surface area (Å²) in [5.74, 6) is -0.778. The molecule has 0 spiro atoms. The Morgan fingerprint density at radius 2 is 2.18 bits per heavy atom. The fourth-order valence-electron chi connectivity index (χ4n) is 0.789. The smallest absolute Gasteiger partial charge is 0.307 e. The largest absolute Gasteiger partial charge is 0.481 e. The van der Waals surface area contributed by atoms with Crippen LogP contribution >= 0.6 is 0 Å². The highest BCUT2D eigenvalue weighted by atomic mass is 16.4. The lowest BCUT2D eigenvalue weighted by Gasteiger charge is -1.97. The van der Waals surface area contributed by atoms with Crippen molar-refractivity contribution in [2.24, 2.45) is 0 Å². The first-order chi connectivity index (χ1) is 5.20. The molecule has 0 aromatic heterocycles. The van der Waals surface area contributed by atoms with Gasteiger partial charge < -0.3 is 5.11 Å². The molecule has 0 radical (unpaired) electrons. The molecule has 0 aliphatic rings. The van der Waals surface area contributed by atoms with Gasteiger partial charge in [-0.15, -0.1) is 6.58 Å². The van der Waals surface area contributed by atoms with Crippen molar-refractivity contribution in [3.8, 4) is 0 Å². The second kappa shape index (κ2) is 5.71. The van der Waals surface area contributed by atoms with Gasteiger partial charge >= 0.3 is 5.97 Å². The van der Waals surface area contributed by atoms with Crippen LogP contribution in [-0.4, -0.2) is 11.1 Å². The second-order valence-electron chi connectivity index (χ2n) is 2.31. The van der Waals surface area contributed by atoms with Gasteiger partial charge in [0, 0.05) is 0 Å². The molecule has 0 bridgehead atoms. The van der Waals surface area contributed by atoms with Crippen molar-refractivity contribution in [3.05, 3.63) is 24.3 Å². The zero-order valence-corrected chi connectivity index (χ0v) is 6.84. The average Bonchev–Trinajstić information content (AvgIpc) is 1.97. The van der Waals surface area contributed by atoms with Crippen molar-refractivity contribution in [1.29, 1.82) is 0 Å². The van der Waals surface area contributed by atoms with E-state index < -0.39 is 5.97 Å². The summed E-state index contributed by atoms with van der Waals surface area (Å²) in [5, 5.41) is 8.36. The maximum absolute atomic E-state index is 10.2. The van der Waals surface area contributed by atoms with Crippen LogP contribution in [-0.2, 0) is 4.79 Å². The zero-order chi connectivity index (χ0) is 8.69. The molecule has 0 rings (SSSR count). The van der Waals surface area contributed by atoms with E-state index in [-0.39, 0.29) is 6.42 Å². The van der Waals surface area contributed by atoms with Gasteiger partial charge in [0.15, 0.2) is 0 Å². The maximum Gasteiger partial charge on any atom is 0.307 e. The van der Waals surface area contributed by atoms with Gasteiger partial charge in [0.05, 0.1) is 6.42 Å². The Kier molecular flexibility index (Phi) is 5.17. The molecule has 0 amide bonds. The quantitative estimate of drug-likeness (QED) is 0.617. The molecule has 0 aliphatic carbocycles. The van der Waals surface area contributed by atoms with Gasteiger partial charge in [-0.25, -0.2) is 0 Å². The van der Waals surface area contributed by atoms with E-state index in [1.54, 1.807) is 12.2 Å². The van der Waals surface area contributed by atoms with Crippen molar-refractivity contribution in [2.45, 2.75) is 26.2 Å². The number of allylic oxidation sites excluding steroid dienone is 2. The lowest BCUT2D eigenvalue weighted by Crippen LogP contribution is -1.91. The summed E-state index contributed by atoms with van der Waals surface area (Å²) >= 11 is 0. The Labute approximate surface area is 67.2 Å². The molecule has 2 nitrogen and oxygen atoms in total. The summed E-state index contributed by atoms with van der Waals surface area (Å²) in [6.45, 7) is 5.60. The standard InChI is InChI=1S/C9H14O2/c1-3-5-8(4-2)6-7-9(10)11/h3,6H,1,4-5,7H2,2H3,(H,10,11). The van der Waals surface area contributed by atoms with Crippen LogP contribution < -0.4 is 0 Å². The third-order valence-electron chi connectivity index (χ3n) is 1.43. The van der Waals surface area contributed by atoms with Gasteiger partial charge in [-0.1, -0.05) is 24.6 Å². The number of carbonyl (C=O) groups is 1. The molecule has 11 heavy (non-hydrogen) atoms. The fraction of sp³-hybridized carbons (Fsp3) is 0.444. The number of hydrogen-bond acceptors (Lipinski definition) is 1. The zero-order valence-electron chi connectivity index (χ0n) is 6.84. The first-order valence-corrected chi connectivity index (χ1v) is 3.71. The number of hydrogen-bond donors (Lipinski definition) is 1. The van der Waals surface area contributed by atoms with Gasteiger partial charge in [-0.05, 0) is 12.8 Å². The van der Waals surface area contributed by atoms with Gasteiger partial charge in [0.25, 0.3) is 0 Å².